The van der Waals surface area contributed by atoms with Crippen LogP contribution in [0.3, 0.4) is 0 Å². The zero-order valence-electron chi connectivity index (χ0n) is 7.40. The number of hydrogen-bond acceptors (Lipinski definition) is 4. The number of carboxylic acids is 1. The van der Waals surface area contributed by atoms with Crippen molar-refractivity contribution >= 4 is 17.7 Å². The molecule has 1 aromatic rings. The van der Waals surface area contributed by atoms with Gasteiger partial charge in [0.25, 0.3) is 0 Å². The summed E-state index contributed by atoms with van der Waals surface area (Å²) in [5.41, 5.74) is 0. The Balaban J connectivity index is 2.20. The number of hydrogen-bond donors (Lipinski definition) is 2. The maximum absolute atomic E-state index is 11.1. The van der Waals surface area contributed by atoms with E-state index in [2.05, 4.69) is 15.0 Å². The summed E-state index contributed by atoms with van der Waals surface area (Å²) >= 11 is 0. The molecule has 0 aromatic carbocycles. The molecule has 1 amide bonds. The van der Waals surface area contributed by atoms with Gasteiger partial charge >= 0.3 is 5.97 Å². The van der Waals surface area contributed by atoms with E-state index in [9.17, 15) is 9.59 Å². The summed E-state index contributed by atoms with van der Waals surface area (Å²) in [5, 5.41) is 14.3. The Hall–Kier alpha value is -1.85. The molecule has 0 aliphatic rings. The molecule has 0 bridgehead atoms. The van der Waals surface area contributed by atoms with Crippen LogP contribution in [0.4, 0.5) is 5.82 Å². The highest BCUT2D eigenvalue weighted by Gasteiger charge is 2.05. The van der Waals surface area contributed by atoms with Gasteiger partial charge in [-0.15, -0.1) is 0 Å². The number of aromatic nitrogens is 1. The highest BCUT2D eigenvalue weighted by molar-refractivity contribution is 5.89. The van der Waals surface area contributed by atoms with Crippen LogP contribution in [0.2, 0.25) is 0 Å². The Bertz CT molecular complexity index is 307. The minimum Gasteiger partial charge on any atom is -0.481 e. The average molecular weight is 198 g/mol. The lowest BCUT2D eigenvalue weighted by molar-refractivity contribution is -0.137. The third-order valence-electron chi connectivity index (χ3n) is 1.50. The number of rotatable bonds is 5. The van der Waals surface area contributed by atoms with E-state index in [0.717, 1.165) is 0 Å². The second-order valence-electron chi connectivity index (χ2n) is 2.68. The second kappa shape index (κ2) is 5.00. The fraction of sp³-hybridized carbons (Fsp3) is 0.375. The molecule has 1 rings (SSSR count). The van der Waals surface area contributed by atoms with E-state index >= 15 is 0 Å². The average Bonchev–Trinajstić information content (AvgIpc) is 2.56. The number of nitrogens with zero attached hydrogens (tertiary/aromatic N) is 1. The Labute approximate surface area is 79.9 Å². The molecule has 76 valence electrons. The molecule has 0 saturated heterocycles. The van der Waals surface area contributed by atoms with Crippen molar-refractivity contribution in [3.63, 3.8) is 0 Å². The highest BCUT2D eigenvalue weighted by atomic mass is 16.5. The maximum Gasteiger partial charge on any atom is 0.303 e. The lowest BCUT2D eigenvalue weighted by Gasteiger charge is -1.98. The molecule has 6 nitrogen and oxygen atoms in total. The standard InChI is InChI=1S/C8H10N2O4/c11-7(2-1-3-8(12)13)9-6-4-5-14-10-6/h4-5H,1-3H2,(H,12,13)(H,9,10,11). The fourth-order valence-corrected chi connectivity index (χ4v) is 0.883. The van der Waals surface area contributed by atoms with E-state index in [1.165, 1.54) is 12.3 Å². The van der Waals surface area contributed by atoms with Gasteiger partial charge in [-0.1, -0.05) is 5.16 Å². The predicted molar refractivity (Wildman–Crippen MR) is 46.6 cm³/mol. The molecular weight excluding hydrogens is 188 g/mol. The summed E-state index contributed by atoms with van der Waals surface area (Å²) < 4.78 is 4.50. The van der Waals surface area contributed by atoms with Gasteiger partial charge in [-0.3, -0.25) is 9.59 Å². The summed E-state index contributed by atoms with van der Waals surface area (Å²) in [4.78, 5) is 21.2. The lowest BCUT2D eigenvalue weighted by Crippen LogP contribution is -2.11. The van der Waals surface area contributed by atoms with Crippen molar-refractivity contribution in [2.75, 3.05) is 5.32 Å². The third kappa shape index (κ3) is 3.70. The number of carboxylic acid groups (broad SMARTS) is 1. The Kier molecular flexibility index (Phi) is 3.66. The number of amides is 1. The molecule has 0 aliphatic heterocycles. The van der Waals surface area contributed by atoms with Gasteiger partial charge in [-0.25, -0.2) is 0 Å². The maximum atomic E-state index is 11.1. The molecule has 0 saturated carbocycles. The zero-order valence-corrected chi connectivity index (χ0v) is 7.40. The van der Waals surface area contributed by atoms with Crippen LogP contribution in [-0.2, 0) is 9.59 Å². The number of anilines is 1. The Morgan fingerprint density at radius 1 is 1.50 bits per heavy atom. The van der Waals surface area contributed by atoms with Crippen molar-refractivity contribution in [1.29, 1.82) is 0 Å². The van der Waals surface area contributed by atoms with E-state index in [4.69, 9.17) is 5.11 Å². The van der Waals surface area contributed by atoms with Gasteiger partial charge in [-0.2, -0.15) is 0 Å². The first-order valence-electron chi connectivity index (χ1n) is 4.10. The third-order valence-corrected chi connectivity index (χ3v) is 1.50. The monoisotopic (exact) mass is 198 g/mol. The summed E-state index contributed by atoms with van der Waals surface area (Å²) in [6, 6.07) is 1.51. The molecule has 0 fully saturated rings. The van der Waals surface area contributed by atoms with Crippen LogP contribution >= 0.6 is 0 Å². The van der Waals surface area contributed by atoms with Crippen LogP contribution in [0.15, 0.2) is 16.9 Å². The van der Waals surface area contributed by atoms with E-state index in [-0.39, 0.29) is 18.7 Å². The van der Waals surface area contributed by atoms with Crippen LogP contribution < -0.4 is 5.32 Å². The SMILES string of the molecule is O=C(O)CCCC(=O)Nc1ccon1. The van der Waals surface area contributed by atoms with Crippen LogP contribution in [0.1, 0.15) is 19.3 Å². The van der Waals surface area contributed by atoms with Gasteiger partial charge in [0, 0.05) is 18.9 Å². The van der Waals surface area contributed by atoms with Gasteiger partial charge in [0.15, 0.2) is 5.82 Å². The molecule has 2 N–H and O–H groups in total. The number of carbonyl (C=O) groups is 2. The van der Waals surface area contributed by atoms with E-state index in [0.29, 0.717) is 12.2 Å². The number of nitrogens with one attached hydrogen (secondary N) is 1. The van der Waals surface area contributed by atoms with Crippen LogP contribution in [0, 0.1) is 0 Å². The molecule has 0 unspecified atom stereocenters. The first-order chi connectivity index (χ1) is 6.68. The summed E-state index contributed by atoms with van der Waals surface area (Å²) in [5.74, 6) is -0.829. The molecule has 6 heteroatoms. The van der Waals surface area contributed by atoms with Crippen molar-refractivity contribution in [2.45, 2.75) is 19.3 Å². The fourth-order valence-electron chi connectivity index (χ4n) is 0.883. The minimum absolute atomic E-state index is 0.00770. The van der Waals surface area contributed by atoms with Gasteiger partial charge in [0.1, 0.15) is 6.26 Å². The van der Waals surface area contributed by atoms with Crippen molar-refractivity contribution in [3.8, 4) is 0 Å². The van der Waals surface area contributed by atoms with Crippen molar-refractivity contribution in [2.24, 2.45) is 0 Å². The molecular formula is C8H10N2O4. The quantitative estimate of drug-likeness (QED) is 0.732. The Morgan fingerprint density at radius 3 is 2.86 bits per heavy atom. The van der Waals surface area contributed by atoms with Crippen molar-refractivity contribution in [1.82, 2.24) is 5.16 Å². The molecule has 0 aliphatic carbocycles. The van der Waals surface area contributed by atoms with E-state index in [1.807, 2.05) is 0 Å². The number of carbonyl (C=O) groups excluding carboxylic acids is 1. The molecule has 0 radical (unpaired) electrons. The molecule has 0 spiro atoms. The molecule has 14 heavy (non-hydrogen) atoms. The number of aliphatic carboxylic acids is 1. The first-order valence-corrected chi connectivity index (χ1v) is 4.10. The van der Waals surface area contributed by atoms with Gasteiger partial charge in [0.2, 0.25) is 5.91 Å². The zero-order chi connectivity index (χ0) is 10.4. The van der Waals surface area contributed by atoms with Crippen molar-refractivity contribution in [3.05, 3.63) is 12.3 Å². The molecule has 1 aromatic heterocycles. The topological polar surface area (TPSA) is 92.4 Å². The molecule has 1 heterocycles. The predicted octanol–water partition coefficient (Wildman–Crippen LogP) is 0.868. The van der Waals surface area contributed by atoms with Crippen LogP contribution in [-0.4, -0.2) is 22.1 Å². The van der Waals surface area contributed by atoms with E-state index < -0.39 is 5.97 Å². The summed E-state index contributed by atoms with van der Waals surface area (Å²) in [7, 11) is 0. The highest BCUT2D eigenvalue weighted by Crippen LogP contribution is 2.03. The lowest BCUT2D eigenvalue weighted by atomic mass is 10.2. The van der Waals surface area contributed by atoms with E-state index in [1.54, 1.807) is 0 Å². The largest absolute Gasteiger partial charge is 0.481 e. The second-order valence-corrected chi connectivity index (χ2v) is 2.68. The normalized spacial score (nSPS) is 9.71. The van der Waals surface area contributed by atoms with Gasteiger partial charge in [-0.05, 0) is 6.42 Å². The summed E-state index contributed by atoms with van der Waals surface area (Å²) in [6.07, 6.45) is 1.82. The summed E-state index contributed by atoms with van der Waals surface area (Å²) in [6.45, 7) is 0. The smallest absolute Gasteiger partial charge is 0.303 e. The molecule has 0 atom stereocenters. The van der Waals surface area contributed by atoms with Crippen molar-refractivity contribution < 1.29 is 19.2 Å². The van der Waals surface area contributed by atoms with Crippen LogP contribution in [0.25, 0.3) is 0 Å². The van der Waals surface area contributed by atoms with Crippen LogP contribution in [0.5, 0.6) is 0 Å². The minimum atomic E-state index is -0.903. The first kappa shape index (κ1) is 10.2. The Morgan fingerprint density at radius 2 is 2.29 bits per heavy atom. The van der Waals surface area contributed by atoms with Gasteiger partial charge < -0.3 is 14.9 Å². The van der Waals surface area contributed by atoms with Gasteiger partial charge in [0.05, 0.1) is 0 Å².